The SMILES string of the molecule is [2H]C1([2H])CCC2=C(Cc3ccc(C)cc32)C1C(N)=O.[2H]c1c(C)c(Cl)c([2H])c2c1CC1=C2CC([2H])([2H])CC1([2H])C(N)=O.[2H]c1c(Cl)c(C)cc2c1C1=C(C2)C([2H])(C(N)=O)CC([2H])([2H])C1.[2H]c1c(Cl)cc(C)c2c1C1=C(C2)C([2H])(C(N)=O)CC([2H])([2H])C1. The molecule has 4 unspecified atom stereocenters. The van der Waals surface area contributed by atoms with E-state index < -0.39 is 72.7 Å². The van der Waals surface area contributed by atoms with Gasteiger partial charge in [-0.15, -0.1) is 0 Å². The quantitative estimate of drug-likeness (QED) is 0.159. The van der Waals surface area contributed by atoms with E-state index in [1.807, 2.05) is 19.9 Å². The Hall–Kier alpha value is -5.41. The molecule has 370 valence electrons. The zero-order chi connectivity index (χ0) is 64.0. The van der Waals surface area contributed by atoms with Crippen LogP contribution in [0, 0.1) is 51.3 Å². The Morgan fingerprint density at radius 2 is 1.04 bits per heavy atom. The van der Waals surface area contributed by atoms with Crippen LogP contribution in [0.25, 0.3) is 22.3 Å². The van der Waals surface area contributed by atoms with Crippen LogP contribution in [0.15, 0.2) is 76.8 Å². The van der Waals surface area contributed by atoms with Gasteiger partial charge in [-0.3, -0.25) is 19.2 Å². The number of benzene rings is 4. The highest BCUT2D eigenvalue weighted by atomic mass is 35.5. The van der Waals surface area contributed by atoms with E-state index in [4.69, 9.17) is 78.3 Å². The summed E-state index contributed by atoms with van der Waals surface area (Å²) in [6.07, 6.45) is -4.73. The first kappa shape index (κ1) is 34.9. The zero-order valence-corrected chi connectivity index (χ0v) is 42.3. The first-order chi connectivity index (χ1) is 39.5. The molecule has 0 aliphatic heterocycles. The van der Waals surface area contributed by atoms with Crippen LogP contribution in [-0.2, 0) is 44.9 Å². The summed E-state index contributed by atoms with van der Waals surface area (Å²) in [5, 5.41) is 0.780. The van der Waals surface area contributed by atoms with E-state index in [-0.39, 0.29) is 74.1 Å². The monoisotopic (exact) mass is 1030 g/mol. The lowest BCUT2D eigenvalue weighted by molar-refractivity contribution is -0.121. The van der Waals surface area contributed by atoms with Crippen molar-refractivity contribution in [1.82, 2.24) is 0 Å². The fourth-order valence-electron chi connectivity index (χ4n) is 11.0. The van der Waals surface area contributed by atoms with E-state index >= 15 is 0 Å². The molecule has 4 aromatic carbocycles. The standard InChI is InChI=1S/3C15H16ClNO.C15H17NO/c2*1-8-5-9-6-13-10(12(9)7-14(8)16)3-2-4-11(13)15(17)18;1-8-5-9(16)6-13-10-3-2-4-11(15(17)18)14(10)7-12(8)13;1-9-5-6-10-8-14-11(13(10)7-9)3-2-4-12(14)15(16)17/h2*5,7,11H,2-4,6H2,1H3,(H2,17,18);5-6,11H,2-4,7H2,1H3,(H2,17,18);5-7,12H,2-4,8H2,1H3,(H2,16,17)/i2D2,5D,7D,11D;2D2,7D,11D;2D2,6D,11D;4D2. The highest BCUT2D eigenvalue weighted by molar-refractivity contribution is 6.32. The van der Waals surface area contributed by atoms with E-state index in [1.165, 1.54) is 16.7 Å². The highest BCUT2D eigenvalue weighted by Gasteiger charge is 2.37. The number of fused-ring (bicyclic) bond motifs is 8. The Kier molecular flexibility index (Phi) is 10.1. The summed E-state index contributed by atoms with van der Waals surface area (Å²) in [6.45, 7) is 7.38. The minimum Gasteiger partial charge on any atom is -0.369 e. The lowest BCUT2D eigenvalue weighted by Crippen LogP contribution is -2.27. The number of hydrogen-bond acceptors (Lipinski definition) is 4. The Bertz CT molecular complexity index is 3860. The van der Waals surface area contributed by atoms with Gasteiger partial charge >= 0.3 is 0 Å². The minimum absolute atomic E-state index is 0.00600. The Labute approximate surface area is 454 Å². The largest absolute Gasteiger partial charge is 0.369 e. The van der Waals surface area contributed by atoms with Gasteiger partial charge in [-0.2, -0.15) is 0 Å². The zero-order valence-electron chi connectivity index (χ0n) is 55.0. The van der Waals surface area contributed by atoms with Gasteiger partial charge in [0.15, 0.2) is 0 Å². The summed E-state index contributed by atoms with van der Waals surface area (Å²) in [5.74, 6) is -9.27. The molecule has 4 aromatic rings. The van der Waals surface area contributed by atoms with Gasteiger partial charge in [0.25, 0.3) is 0 Å². The second-order valence-corrected chi connectivity index (χ2v) is 20.1. The number of rotatable bonds is 4. The summed E-state index contributed by atoms with van der Waals surface area (Å²) >= 11 is 18.4. The number of hydrogen-bond donors (Lipinski definition) is 4. The molecule has 0 heterocycles. The van der Waals surface area contributed by atoms with Crippen LogP contribution in [0.3, 0.4) is 0 Å². The van der Waals surface area contributed by atoms with E-state index in [0.29, 0.717) is 103 Å². The first-order valence-electron chi connectivity index (χ1n) is 31.1. The van der Waals surface area contributed by atoms with E-state index in [9.17, 15) is 19.2 Å². The molecule has 11 heteroatoms. The van der Waals surface area contributed by atoms with Crippen LogP contribution in [0.2, 0.25) is 15.1 Å². The number of nitrogens with two attached hydrogens (primary N) is 4. The van der Waals surface area contributed by atoms with Gasteiger partial charge in [0.05, 0.1) is 29.1 Å². The third-order valence-corrected chi connectivity index (χ3v) is 15.4. The molecule has 0 saturated heterocycles. The highest BCUT2D eigenvalue weighted by Crippen LogP contribution is 2.49. The molecule has 8 N–H and O–H groups in total. The molecule has 8 nitrogen and oxygen atoms in total. The smallest absolute Gasteiger partial charge is 0.224 e. The fraction of sp³-hybridized carbons (Fsp3) is 0.400. The topological polar surface area (TPSA) is 172 Å². The van der Waals surface area contributed by atoms with Gasteiger partial charge in [-0.1, -0.05) is 70.7 Å². The lowest BCUT2D eigenvalue weighted by Gasteiger charge is -2.22. The molecule has 71 heavy (non-hydrogen) atoms. The van der Waals surface area contributed by atoms with E-state index in [1.54, 1.807) is 19.9 Å². The Morgan fingerprint density at radius 1 is 0.535 bits per heavy atom. The molecule has 4 atom stereocenters. The van der Waals surface area contributed by atoms with Gasteiger partial charge in [-0.25, -0.2) is 0 Å². The molecule has 0 radical (unpaired) electrons. The molecule has 0 spiro atoms. The molecule has 8 aliphatic rings. The third-order valence-electron chi connectivity index (χ3n) is 14.4. The maximum absolute atomic E-state index is 11.9. The first-order valence-corrected chi connectivity index (χ1v) is 24.7. The molecular weight excluding hydrogens is 947 g/mol. The number of amides is 4. The number of carbonyl (C=O) groups excluding carboxylic acids is 4. The predicted molar refractivity (Wildman–Crippen MR) is 288 cm³/mol. The number of aryl methyl sites for hydroxylation is 3. The van der Waals surface area contributed by atoms with Crippen molar-refractivity contribution in [3.05, 3.63) is 159 Å². The average Bonchev–Trinajstić information content (AvgIpc) is 1.60. The number of carbonyl (C=O) groups is 4. The molecule has 12 rings (SSSR count). The van der Waals surface area contributed by atoms with Crippen molar-refractivity contribution in [1.29, 1.82) is 0 Å². The Morgan fingerprint density at radius 3 is 1.62 bits per heavy atom. The van der Waals surface area contributed by atoms with Gasteiger partial charge in [0.1, 0.15) is 0 Å². The number of allylic oxidation sites excluding steroid dienone is 4. The normalized spacial score (nSPS) is 30.9. The lowest BCUT2D eigenvalue weighted by atomic mass is 9.82. The molecule has 0 saturated carbocycles. The van der Waals surface area contributed by atoms with Gasteiger partial charge in [0, 0.05) is 30.1 Å². The number of primary amides is 4. The van der Waals surface area contributed by atoms with Crippen LogP contribution in [0.4, 0.5) is 0 Å². The molecule has 8 aliphatic carbocycles. The summed E-state index contributed by atoms with van der Waals surface area (Å²) in [7, 11) is 0. The van der Waals surface area contributed by atoms with Crippen molar-refractivity contribution in [3.63, 3.8) is 0 Å². The molecular formula is C60H65Cl3N4O4. The van der Waals surface area contributed by atoms with E-state index in [2.05, 4.69) is 18.2 Å². The van der Waals surface area contributed by atoms with Gasteiger partial charge < -0.3 is 22.9 Å². The van der Waals surface area contributed by atoms with Gasteiger partial charge in [0.2, 0.25) is 23.6 Å². The van der Waals surface area contributed by atoms with Crippen LogP contribution in [-0.4, -0.2) is 23.6 Å². The minimum atomic E-state index is -1.85. The summed E-state index contributed by atoms with van der Waals surface area (Å²) in [6, 6.07) is 10.3. The predicted octanol–water partition coefficient (Wildman–Crippen LogP) is 12.3. The molecule has 0 fully saturated rings. The van der Waals surface area contributed by atoms with Crippen molar-refractivity contribution < 1.29 is 39.7 Å². The molecule has 0 bridgehead atoms. The summed E-state index contributed by atoms with van der Waals surface area (Å²) in [4.78, 5) is 47.2. The summed E-state index contributed by atoms with van der Waals surface area (Å²) < 4.78 is 123. The van der Waals surface area contributed by atoms with Crippen molar-refractivity contribution in [2.75, 3.05) is 0 Å². The van der Waals surface area contributed by atoms with Crippen LogP contribution in [0.1, 0.15) is 164 Å². The van der Waals surface area contributed by atoms with Crippen LogP contribution < -0.4 is 22.9 Å². The van der Waals surface area contributed by atoms with Crippen molar-refractivity contribution >= 4 is 80.7 Å². The van der Waals surface area contributed by atoms with Crippen LogP contribution >= 0.6 is 34.8 Å². The van der Waals surface area contributed by atoms with Gasteiger partial charge in [-0.05, 0) is 260 Å². The van der Waals surface area contributed by atoms with Crippen molar-refractivity contribution in [3.8, 4) is 0 Å². The van der Waals surface area contributed by atoms with Crippen molar-refractivity contribution in [2.24, 2.45) is 46.5 Å². The Balaban J connectivity index is 0.000000137. The maximum Gasteiger partial charge on any atom is 0.224 e. The van der Waals surface area contributed by atoms with Crippen LogP contribution in [0.5, 0.6) is 0 Å². The second kappa shape index (κ2) is 20.6. The summed E-state index contributed by atoms with van der Waals surface area (Å²) in [5.41, 5.74) is 36.3. The molecule has 0 aromatic heterocycles. The third kappa shape index (κ3) is 9.93. The molecule has 4 amide bonds. The fourth-order valence-corrected chi connectivity index (χ4v) is 11.5. The second-order valence-electron chi connectivity index (χ2n) is 19.0. The van der Waals surface area contributed by atoms with E-state index in [0.717, 1.165) is 33.4 Å². The van der Waals surface area contributed by atoms with Crippen molar-refractivity contribution in [2.45, 2.75) is 130 Å². The maximum atomic E-state index is 11.9. The average molecular weight is 1030 g/mol. The number of halogens is 3.